The predicted octanol–water partition coefficient (Wildman–Crippen LogP) is 2.28. The van der Waals surface area contributed by atoms with E-state index in [0.717, 1.165) is 35.2 Å². The molecule has 7 nitrogen and oxygen atoms in total. The first-order chi connectivity index (χ1) is 15.4. The van der Waals surface area contributed by atoms with Crippen LogP contribution in [-0.4, -0.2) is 47.9 Å². The van der Waals surface area contributed by atoms with E-state index in [1.54, 1.807) is 16.8 Å². The number of fused-ring (bicyclic) bond motifs is 2. The third kappa shape index (κ3) is 4.12. The van der Waals surface area contributed by atoms with Crippen LogP contribution in [0.4, 0.5) is 5.69 Å². The molecule has 4 rings (SSSR count). The van der Waals surface area contributed by atoms with Crippen LogP contribution in [0.1, 0.15) is 54.1 Å². The van der Waals surface area contributed by atoms with Crippen LogP contribution in [-0.2, 0) is 27.2 Å². The Bertz CT molecular complexity index is 1050. The molecule has 7 heteroatoms. The second-order valence-corrected chi connectivity index (χ2v) is 8.54. The monoisotopic (exact) mass is 435 g/mol. The summed E-state index contributed by atoms with van der Waals surface area (Å²) in [5.74, 6) is -1.20. The van der Waals surface area contributed by atoms with Gasteiger partial charge in [0.15, 0.2) is 0 Å². The molecule has 0 saturated carbocycles. The van der Waals surface area contributed by atoms with Crippen LogP contribution in [0.5, 0.6) is 0 Å². The number of aryl methyl sites for hydroxylation is 1. The smallest absolute Gasteiger partial charge is 0.312 e. The number of rotatable bonds is 6. The zero-order valence-corrected chi connectivity index (χ0v) is 18.5. The van der Waals surface area contributed by atoms with E-state index in [-0.39, 0.29) is 24.6 Å². The summed E-state index contributed by atoms with van der Waals surface area (Å²) in [5, 5.41) is 12.1. The predicted molar refractivity (Wildman–Crippen MR) is 121 cm³/mol. The number of anilines is 1. The Balaban J connectivity index is 1.48. The van der Waals surface area contributed by atoms with Gasteiger partial charge in [-0.15, -0.1) is 0 Å². The lowest BCUT2D eigenvalue weighted by atomic mass is 10.0. The van der Waals surface area contributed by atoms with E-state index in [2.05, 4.69) is 11.4 Å². The minimum Gasteiger partial charge on any atom is -0.396 e. The molecule has 0 bridgehead atoms. The van der Waals surface area contributed by atoms with E-state index in [4.69, 9.17) is 0 Å². The van der Waals surface area contributed by atoms with Crippen molar-refractivity contribution < 1.29 is 19.5 Å². The van der Waals surface area contributed by atoms with Crippen molar-refractivity contribution in [3.63, 3.8) is 0 Å². The van der Waals surface area contributed by atoms with Crippen molar-refractivity contribution in [2.24, 2.45) is 0 Å². The number of amides is 3. The third-order valence-electron chi connectivity index (χ3n) is 6.52. The van der Waals surface area contributed by atoms with Crippen molar-refractivity contribution >= 4 is 23.4 Å². The Morgan fingerprint density at radius 2 is 2.00 bits per heavy atom. The summed E-state index contributed by atoms with van der Waals surface area (Å²) in [6.45, 7) is 2.11. The van der Waals surface area contributed by atoms with Gasteiger partial charge in [-0.05, 0) is 54.5 Å². The number of hydrogen-bond acceptors (Lipinski definition) is 4. The second kappa shape index (κ2) is 9.12. The van der Waals surface area contributed by atoms with Gasteiger partial charge >= 0.3 is 11.8 Å². The van der Waals surface area contributed by atoms with Gasteiger partial charge in [0.1, 0.15) is 0 Å². The molecule has 0 fully saturated rings. The van der Waals surface area contributed by atoms with Gasteiger partial charge in [0.25, 0.3) is 0 Å². The summed E-state index contributed by atoms with van der Waals surface area (Å²) in [6.07, 6.45) is 2.39. The number of benzene rings is 2. The molecule has 0 aromatic heterocycles. The molecule has 2 atom stereocenters. The van der Waals surface area contributed by atoms with Crippen molar-refractivity contribution in [1.29, 1.82) is 0 Å². The Morgan fingerprint density at radius 1 is 1.22 bits per heavy atom. The van der Waals surface area contributed by atoms with Gasteiger partial charge in [-0.25, -0.2) is 0 Å². The first kappa shape index (κ1) is 22.0. The van der Waals surface area contributed by atoms with Crippen molar-refractivity contribution in [2.75, 3.05) is 25.1 Å². The quantitative estimate of drug-likeness (QED) is 0.682. The van der Waals surface area contributed by atoms with Crippen LogP contribution in [0.25, 0.3) is 0 Å². The van der Waals surface area contributed by atoms with Gasteiger partial charge in [0.2, 0.25) is 5.91 Å². The molecule has 1 aliphatic carbocycles. The largest absolute Gasteiger partial charge is 0.396 e. The number of nitrogens with zero attached hydrogens (tertiary/aromatic N) is 2. The number of aliphatic hydroxyl groups excluding tert-OH is 1. The summed E-state index contributed by atoms with van der Waals surface area (Å²) in [5.41, 5.74) is 4.93. The molecule has 2 aromatic carbocycles. The van der Waals surface area contributed by atoms with Gasteiger partial charge in [0.05, 0.1) is 18.5 Å². The van der Waals surface area contributed by atoms with Gasteiger partial charge in [0, 0.05) is 25.9 Å². The zero-order valence-electron chi connectivity index (χ0n) is 18.5. The Morgan fingerprint density at radius 3 is 2.78 bits per heavy atom. The highest BCUT2D eigenvalue weighted by molar-refractivity contribution is 6.35. The Hall–Kier alpha value is -3.19. The Labute approximate surface area is 188 Å². The van der Waals surface area contributed by atoms with Crippen LogP contribution >= 0.6 is 0 Å². The molecule has 1 heterocycles. The maximum Gasteiger partial charge on any atom is 0.312 e. The fourth-order valence-corrected chi connectivity index (χ4v) is 4.73. The SMILES string of the molecule is CC(NC(=O)C(=O)N(CCCO)C1CCc2ccccc21)c1ccc2c(c1)CC(=O)N2C. The molecule has 1 aliphatic heterocycles. The van der Waals surface area contributed by atoms with E-state index in [9.17, 15) is 19.5 Å². The number of carbonyl (C=O) groups excluding carboxylic acids is 3. The number of hydrogen-bond donors (Lipinski definition) is 2. The number of aliphatic hydroxyl groups is 1. The zero-order chi connectivity index (χ0) is 22.8. The molecule has 2 N–H and O–H groups in total. The standard InChI is InChI=1S/C25H29N3O4/c1-16(18-9-10-21-19(14-18)15-23(30)27(21)2)26-24(31)25(32)28(12-5-13-29)22-11-8-17-6-3-4-7-20(17)22/h3-4,6-7,9-10,14,16,22,29H,5,8,11-13,15H2,1-2H3,(H,26,31). The first-order valence-electron chi connectivity index (χ1n) is 11.1. The average molecular weight is 436 g/mol. The molecule has 3 amide bonds. The molecular weight excluding hydrogens is 406 g/mol. The van der Waals surface area contributed by atoms with E-state index in [1.165, 1.54) is 5.56 Å². The van der Waals surface area contributed by atoms with Crippen molar-refractivity contribution in [1.82, 2.24) is 10.2 Å². The highest BCUT2D eigenvalue weighted by Gasteiger charge is 2.34. The summed E-state index contributed by atoms with van der Waals surface area (Å²) in [6, 6.07) is 13.1. The lowest BCUT2D eigenvalue weighted by molar-refractivity contribution is -0.148. The van der Waals surface area contributed by atoms with E-state index < -0.39 is 11.8 Å². The van der Waals surface area contributed by atoms with Crippen molar-refractivity contribution in [3.05, 3.63) is 64.7 Å². The van der Waals surface area contributed by atoms with Gasteiger partial charge in [-0.3, -0.25) is 14.4 Å². The highest BCUT2D eigenvalue weighted by atomic mass is 16.3. The van der Waals surface area contributed by atoms with Crippen LogP contribution in [0.3, 0.4) is 0 Å². The number of carbonyl (C=O) groups is 3. The van der Waals surface area contributed by atoms with Crippen LogP contribution in [0.15, 0.2) is 42.5 Å². The van der Waals surface area contributed by atoms with Crippen molar-refractivity contribution in [3.8, 4) is 0 Å². The van der Waals surface area contributed by atoms with Crippen LogP contribution < -0.4 is 10.2 Å². The molecule has 0 radical (unpaired) electrons. The summed E-state index contributed by atoms with van der Waals surface area (Å²) < 4.78 is 0. The fourth-order valence-electron chi connectivity index (χ4n) is 4.73. The molecule has 2 aromatic rings. The summed E-state index contributed by atoms with van der Waals surface area (Å²) >= 11 is 0. The molecule has 2 unspecified atom stereocenters. The van der Waals surface area contributed by atoms with Gasteiger partial charge in [-0.1, -0.05) is 36.4 Å². The van der Waals surface area contributed by atoms with E-state index in [1.807, 2.05) is 43.3 Å². The minimum atomic E-state index is -0.659. The van der Waals surface area contributed by atoms with Crippen molar-refractivity contribution in [2.45, 2.75) is 44.7 Å². The molecule has 0 saturated heterocycles. The molecule has 32 heavy (non-hydrogen) atoms. The normalized spacial score (nSPS) is 17.7. The van der Waals surface area contributed by atoms with Crippen LogP contribution in [0, 0.1) is 0 Å². The van der Waals surface area contributed by atoms with E-state index >= 15 is 0 Å². The topological polar surface area (TPSA) is 90.0 Å². The lowest BCUT2D eigenvalue weighted by Crippen LogP contribution is -2.45. The molecule has 168 valence electrons. The fraction of sp³-hybridized carbons (Fsp3) is 0.400. The average Bonchev–Trinajstić information content (AvgIpc) is 3.34. The van der Waals surface area contributed by atoms with E-state index in [0.29, 0.717) is 19.4 Å². The first-order valence-corrected chi connectivity index (χ1v) is 11.1. The van der Waals surface area contributed by atoms with Crippen LogP contribution in [0.2, 0.25) is 0 Å². The highest BCUT2D eigenvalue weighted by Crippen LogP contribution is 2.36. The minimum absolute atomic E-state index is 0.0420. The Kier molecular flexibility index (Phi) is 6.28. The lowest BCUT2D eigenvalue weighted by Gasteiger charge is -2.29. The number of likely N-dealkylation sites (N-methyl/N-ethyl adjacent to an activating group) is 1. The molecule has 2 aliphatic rings. The van der Waals surface area contributed by atoms with Gasteiger partial charge < -0.3 is 20.2 Å². The maximum absolute atomic E-state index is 13.2. The molecular formula is C25H29N3O4. The number of nitrogens with one attached hydrogen (secondary N) is 1. The third-order valence-corrected chi connectivity index (χ3v) is 6.52. The summed E-state index contributed by atoms with van der Waals surface area (Å²) in [4.78, 5) is 41.2. The summed E-state index contributed by atoms with van der Waals surface area (Å²) in [7, 11) is 1.75. The maximum atomic E-state index is 13.2. The van der Waals surface area contributed by atoms with Gasteiger partial charge in [-0.2, -0.15) is 0 Å². The second-order valence-electron chi connectivity index (χ2n) is 8.54. The molecule has 0 spiro atoms.